The largest absolute Gasteiger partial charge is 0.490 e. The van der Waals surface area contributed by atoms with Gasteiger partial charge in [-0.1, -0.05) is 0 Å². The van der Waals surface area contributed by atoms with Crippen molar-refractivity contribution in [1.29, 1.82) is 0 Å². The lowest BCUT2D eigenvalue weighted by Crippen LogP contribution is -2.40. The molecule has 1 aromatic carbocycles. The third-order valence-corrected chi connectivity index (χ3v) is 3.96. The number of urea groups is 1. The van der Waals surface area contributed by atoms with E-state index in [9.17, 15) is 4.79 Å². The minimum Gasteiger partial charge on any atom is -0.490 e. The summed E-state index contributed by atoms with van der Waals surface area (Å²) in [6.07, 6.45) is 5.08. The van der Waals surface area contributed by atoms with E-state index in [1.54, 1.807) is 14.0 Å². The smallest absolute Gasteiger partial charge is 0.321 e. The van der Waals surface area contributed by atoms with Gasteiger partial charge in [-0.25, -0.2) is 4.79 Å². The van der Waals surface area contributed by atoms with Gasteiger partial charge < -0.3 is 20.1 Å². The van der Waals surface area contributed by atoms with Crippen LogP contribution in [0.4, 0.5) is 10.5 Å². The number of nitrogens with zero attached hydrogens (tertiary/aromatic N) is 1. The first-order valence-corrected chi connectivity index (χ1v) is 7.51. The number of hydrogen-bond donors (Lipinski definition) is 2. The van der Waals surface area contributed by atoms with Crippen LogP contribution in [0.1, 0.15) is 32.6 Å². The Morgan fingerprint density at radius 2 is 2.00 bits per heavy atom. The quantitative estimate of drug-likeness (QED) is 0.877. The summed E-state index contributed by atoms with van der Waals surface area (Å²) >= 11 is 0. The van der Waals surface area contributed by atoms with Gasteiger partial charge >= 0.3 is 6.03 Å². The van der Waals surface area contributed by atoms with Crippen molar-refractivity contribution in [1.82, 2.24) is 4.90 Å². The van der Waals surface area contributed by atoms with Crippen LogP contribution in [-0.4, -0.2) is 41.8 Å². The zero-order valence-corrected chi connectivity index (χ0v) is 12.7. The number of amides is 2. The Hall–Kier alpha value is -1.75. The lowest BCUT2D eigenvalue weighted by Gasteiger charge is -2.23. The van der Waals surface area contributed by atoms with Gasteiger partial charge in [0.05, 0.1) is 18.8 Å². The van der Waals surface area contributed by atoms with Crippen molar-refractivity contribution in [3.8, 4) is 5.75 Å². The number of anilines is 1. The van der Waals surface area contributed by atoms with Crippen molar-refractivity contribution in [3.05, 3.63) is 24.3 Å². The molecule has 5 heteroatoms. The lowest BCUT2D eigenvalue weighted by molar-refractivity contribution is 0.166. The summed E-state index contributed by atoms with van der Waals surface area (Å²) < 4.78 is 5.88. The van der Waals surface area contributed by atoms with Gasteiger partial charge in [0.15, 0.2) is 0 Å². The molecule has 2 N–H and O–H groups in total. The van der Waals surface area contributed by atoms with Crippen molar-refractivity contribution >= 4 is 11.7 Å². The Morgan fingerprint density at radius 1 is 1.38 bits per heavy atom. The fourth-order valence-electron chi connectivity index (χ4n) is 2.35. The normalized spacial score (nSPS) is 16.5. The van der Waals surface area contributed by atoms with Crippen molar-refractivity contribution in [2.24, 2.45) is 0 Å². The molecule has 1 unspecified atom stereocenters. The second-order valence-electron chi connectivity index (χ2n) is 5.62. The summed E-state index contributed by atoms with van der Waals surface area (Å²) in [4.78, 5) is 13.4. The third kappa shape index (κ3) is 4.36. The molecule has 0 radical (unpaired) electrons. The standard InChI is InChI=1S/C16H24N2O3/c1-12(11-19)18(2)16(20)17-13-7-9-15(10-8-13)21-14-5-3-4-6-14/h7-10,12,14,19H,3-6,11H2,1-2H3,(H,17,20). The van der Waals surface area contributed by atoms with Crippen LogP contribution in [0.15, 0.2) is 24.3 Å². The number of ether oxygens (including phenoxy) is 1. The summed E-state index contributed by atoms with van der Waals surface area (Å²) in [7, 11) is 1.66. The van der Waals surface area contributed by atoms with Gasteiger partial charge in [-0.2, -0.15) is 0 Å². The highest BCUT2D eigenvalue weighted by atomic mass is 16.5. The van der Waals surface area contributed by atoms with Gasteiger partial charge in [0.1, 0.15) is 5.75 Å². The van der Waals surface area contributed by atoms with Crippen LogP contribution in [0.3, 0.4) is 0 Å². The number of aliphatic hydroxyl groups is 1. The summed E-state index contributed by atoms with van der Waals surface area (Å²) in [5.41, 5.74) is 0.718. The number of nitrogens with one attached hydrogen (secondary N) is 1. The second kappa shape index (κ2) is 7.31. The molecule has 1 aliphatic carbocycles. The van der Waals surface area contributed by atoms with E-state index in [1.807, 2.05) is 24.3 Å². The Labute approximate surface area is 125 Å². The highest BCUT2D eigenvalue weighted by molar-refractivity contribution is 5.89. The van der Waals surface area contributed by atoms with Gasteiger partial charge in [0, 0.05) is 12.7 Å². The summed E-state index contributed by atoms with van der Waals surface area (Å²) in [5.74, 6) is 0.844. The van der Waals surface area contributed by atoms with Crippen LogP contribution in [0, 0.1) is 0 Å². The Bertz CT molecular complexity index is 455. The van der Waals surface area contributed by atoms with Gasteiger partial charge in [-0.05, 0) is 56.9 Å². The van der Waals surface area contributed by atoms with Gasteiger partial charge in [0.2, 0.25) is 0 Å². The molecule has 1 atom stereocenters. The average Bonchev–Trinajstić information content (AvgIpc) is 3.00. The number of carbonyl (C=O) groups is 1. The van der Waals surface area contributed by atoms with Crippen LogP contribution < -0.4 is 10.1 Å². The second-order valence-corrected chi connectivity index (χ2v) is 5.62. The predicted octanol–water partition coefficient (Wildman–Crippen LogP) is 2.85. The van der Waals surface area contributed by atoms with E-state index in [-0.39, 0.29) is 18.7 Å². The summed E-state index contributed by atoms with van der Waals surface area (Å²) in [6, 6.07) is 6.97. The number of carbonyl (C=O) groups excluding carboxylic acids is 1. The molecule has 2 rings (SSSR count). The molecule has 0 spiro atoms. The van der Waals surface area contributed by atoms with Crippen LogP contribution in [-0.2, 0) is 0 Å². The number of rotatable bonds is 5. The molecule has 0 aliphatic heterocycles. The van der Waals surface area contributed by atoms with E-state index in [2.05, 4.69) is 5.32 Å². The molecule has 0 saturated heterocycles. The Morgan fingerprint density at radius 3 is 2.57 bits per heavy atom. The fraction of sp³-hybridized carbons (Fsp3) is 0.562. The van der Waals surface area contributed by atoms with E-state index < -0.39 is 0 Å². The summed E-state index contributed by atoms with van der Waals surface area (Å²) in [5, 5.41) is 11.9. The lowest BCUT2D eigenvalue weighted by atomic mass is 10.2. The number of likely N-dealkylation sites (N-methyl/N-ethyl adjacent to an activating group) is 1. The van der Waals surface area contributed by atoms with Crippen molar-refractivity contribution in [2.75, 3.05) is 19.0 Å². The molecule has 1 aromatic rings. The molecule has 1 fully saturated rings. The molecule has 5 nitrogen and oxygen atoms in total. The molecule has 2 amide bonds. The van der Waals surface area contributed by atoms with Crippen LogP contribution in [0.25, 0.3) is 0 Å². The molecule has 0 bridgehead atoms. The summed E-state index contributed by atoms with van der Waals surface area (Å²) in [6.45, 7) is 1.73. The number of aliphatic hydroxyl groups excluding tert-OH is 1. The zero-order chi connectivity index (χ0) is 15.2. The molecule has 21 heavy (non-hydrogen) atoms. The van der Waals surface area contributed by atoms with Crippen molar-refractivity contribution in [2.45, 2.75) is 44.8 Å². The van der Waals surface area contributed by atoms with Crippen molar-refractivity contribution in [3.63, 3.8) is 0 Å². The van der Waals surface area contributed by atoms with Crippen LogP contribution in [0.2, 0.25) is 0 Å². The average molecular weight is 292 g/mol. The Balaban J connectivity index is 1.88. The number of benzene rings is 1. The van der Waals surface area contributed by atoms with E-state index in [1.165, 1.54) is 17.7 Å². The first-order chi connectivity index (χ1) is 10.1. The molecular weight excluding hydrogens is 268 g/mol. The van der Waals surface area contributed by atoms with E-state index in [4.69, 9.17) is 9.84 Å². The maximum absolute atomic E-state index is 11.9. The molecule has 0 aromatic heterocycles. The first kappa shape index (κ1) is 15.6. The van der Waals surface area contributed by atoms with Crippen LogP contribution in [0.5, 0.6) is 5.75 Å². The van der Waals surface area contributed by atoms with E-state index in [0.717, 1.165) is 24.3 Å². The number of hydrogen-bond acceptors (Lipinski definition) is 3. The molecular formula is C16H24N2O3. The maximum Gasteiger partial charge on any atom is 0.321 e. The van der Waals surface area contributed by atoms with Crippen molar-refractivity contribution < 1.29 is 14.6 Å². The predicted molar refractivity (Wildman–Crippen MR) is 82.7 cm³/mol. The van der Waals surface area contributed by atoms with Crippen LogP contribution >= 0.6 is 0 Å². The minimum atomic E-state index is -0.235. The molecule has 1 aliphatic rings. The highest BCUT2D eigenvalue weighted by Gasteiger charge is 2.17. The first-order valence-electron chi connectivity index (χ1n) is 7.51. The maximum atomic E-state index is 11.9. The Kier molecular flexibility index (Phi) is 5.44. The zero-order valence-electron chi connectivity index (χ0n) is 12.7. The van der Waals surface area contributed by atoms with Gasteiger partial charge in [-0.3, -0.25) is 0 Å². The van der Waals surface area contributed by atoms with E-state index in [0.29, 0.717) is 6.10 Å². The third-order valence-electron chi connectivity index (χ3n) is 3.96. The highest BCUT2D eigenvalue weighted by Crippen LogP contribution is 2.25. The molecule has 1 saturated carbocycles. The minimum absolute atomic E-state index is 0.0575. The SMILES string of the molecule is CC(CO)N(C)C(=O)Nc1ccc(OC2CCCC2)cc1. The topological polar surface area (TPSA) is 61.8 Å². The molecule has 0 heterocycles. The van der Waals surface area contributed by atoms with Gasteiger partial charge in [-0.15, -0.1) is 0 Å². The van der Waals surface area contributed by atoms with E-state index >= 15 is 0 Å². The fourth-order valence-corrected chi connectivity index (χ4v) is 2.35. The monoisotopic (exact) mass is 292 g/mol. The molecule has 116 valence electrons. The van der Waals surface area contributed by atoms with Gasteiger partial charge in [0.25, 0.3) is 0 Å².